The first-order chi connectivity index (χ1) is 14.5. The Morgan fingerprint density at radius 3 is 2.20 bits per heavy atom. The van der Waals surface area contributed by atoms with Crippen LogP contribution in [0.1, 0.15) is 26.3 Å². The first kappa shape index (κ1) is 21.0. The molecule has 6 nitrogen and oxygen atoms in total. The van der Waals surface area contributed by atoms with Gasteiger partial charge in [-0.1, -0.05) is 36.4 Å². The highest BCUT2D eigenvalue weighted by Crippen LogP contribution is 2.23. The maximum absolute atomic E-state index is 12.6. The number of aryl methyl sites for hydroxylation is 1. The second-order valence-electron chi connectivity index (χ2n) is 6.46. The van der Waals surface area contributed by atoms with Crippen molar-refractivity contribution in [3.63, 3.8) is 0 Å². The average Bonchev–Trinajstić information content (AvgIpc) is 2.74. The van der Waals surface area contributed by atoms with Crippen molar-refractivity contribution in [3.8, 4) is 5.75 Å². The highest BCUT2D eigenvalue weighted by molar-refractivity contribution is 7.80. The molecule has 3 aromatic rings. The molecular formula is C23H21N3O3S. The van der Waals surface area contributed by atoms with Gasteiger partial charge in [-0.05, 0) is 61.1 Å². The van der Waals surface area contributed by atoms with E-state index in [4.69, 9.17) is 17.0 Å². The fraction of sp³-hybridized carbons (Fsp3) is 0.0870. The Kier molecular flexibility index (Phi) is 6.77. The summed E-state index contributed by atoms with van der Waals surface area (Å²) < 4.78 is 5.32. The highest BCUT2D eigenvalue weighted by atomic mass is 32.1. The molecule has 0 saturated carbocycles. The summed E-state index contributed by atoms with van der Waals surface area (Å²) >= 11 is 5.26. The predicted molar refractivity (Wildman–Crippen MR) is 122 cm³/mol. The van der Waals surface area contributed by atoms with Crippen LogP contribution >= 0.6 is 12.2 Å². The maximum Gasteiger partial charge on any atom is 0.261 e. The van der Waals surface area contributed by atoms with Crippen molar-refractivity contribution in [2.24, 2.45) is 0 Å². The average molecular weight is 420 g/mol. The number of benzene rings is 3. The Balaban J connectivity index is 1.65. The summed E-state index contributed by atoms with van der Waals surface area (Å²) in [5.74, 6) is -0.0832. The maximum atomic E-state index is 12.6. The molecule has 0 unspecified atom stereocenters. The van der Waals surface area contributed by atoms with E-state index in [2.05, 4.69) is 16.0 Å². The van der Waals surface area contributed by atoms with Gasteiger partial charge in [0.2, 0.25) is 0 Å². The van der Waals surface area contributed by atoms with Crippen molar-refractivity contribution in [2.45, 2.75) is 6.92 Å². The number of carbonyl (C=O) groups excluding carboxylic acids is 2. The van der Waals surface area contributed by atoms with E-state index in [1.165, 1.54) is 7.11 Å². The van der Waals surface area contributed by atoms with Crippen molar-refractivity contribution < 1.29 is 14.3 Å². The van der Waals surface area contributed by atoms with Crippen molar-refractivity contribution in [3.05, 3.63) is 89.5 Å². The summed E-state index contributed by atoms with van der Waals surface area (Å²) in [7, 11) is 1.52. The van der Waals surface area contributed by atoms with Crippen LogP contribution in [0, 0.1) is 6.92 Å². The molecule has 152 valence electrons. The van der Waals surface area contributed by atoms with E-state index < -0.39 is 0 Å². The van der Waals surface area contributed by atoms with Gasteiger partial charge in [-0.15, -0.1) is 0 Å². The Labute approximate surface area is 180 Å². The van der Waals surface area contributed by atoms with Crippen LogP contribution in [0.5, 0.6) is 5.75 Å². The third kappa shape index (κ3) is 5.21. The largest absolute Gasteiger partial charge is 0.496 e. The van der Waals surface area contributed by atoms with Gasteiger partial charge in [0, 0.05) is 16.9 Å². The summed E-state index contributed by atoms with van der Waals surface area (Å²) in [5.41, 5.74) is 3.04. The van der Waals surface area contributed by atoms with E-state index in [1.54, 1.807) is 60.7 Å². The summed E-state index contributed by atoms with van der Waals surface area (Å²) in [5, 5.41) is 8.57. The molecule has 0 aromatic heterocycles. The zero-order valence-corrected chi connectivity index (χ0v) is 17.4. The molecule has 0 heterocycles. The van der Waals surface area contributed by atoms with E-state index >= 15 is 0 Å². The summed E-state index contributed by atoms with van der Waals surface area (Å²) in [6.45, 7) is 1.86. The highest BCUT2D eigenvalue weighted by Gasteiger charge is 2.15. The lowest BCUT2D eigenvalue weighted by Gasteiger charge is -2.13. The lowest BCUT2D eigenvalue weighted by molar-refractivity contribution is 0.0973. The molecule has 0 aliphatic heterocycles. The minimum atomic E-state index is -0.374. The van der Waals surface area contributed by atoms with Gasteiger partial charge < -0.3 is 15.4 Å². The van der Waals surface area contributed by atoms with Gasteiger partial charge in [0.05, 0.1) is 12.7 Å². The molecule has 3 N–H and O–H groups in total. The minimum Gasteiger partial charge on any atom is -0.496 e. The smallest absolute Gasteiger partial charge is 0.261 e. The summed E-state index contributed by atoms with van der Waals surface area (Å²) in [6, 6.07) is 21.3. The molecule has 3 aromatic carbocycles. The van der Waals surface area contributed by atoms with Crippen LogP contribution < -0.4 is 20.7 Å². The van der Waals surface area contributed by atoms with E-state index in [1.807, 2.05) is 19.1 Å². The summed E-state index contributed by atoms with van der Waals surface area (Å²) in [4.78, 5) is 24.9. The monoisotopic (exact) mass is 419 g/mol. The number of amides is 2. The van der Waals surface area contributed by atoms with Crippen LogP contribution in [0.2, 0.25) is 0 Å². The van der Waals surface area contributed by atoms with Crippen LogP contribution in [0.15, 0.2) is 72.8 Å². The Hall–Kier alpha value is -3.71. The number of methoxy groups -OCH3 is 1. The Morgan fingerprint density at radius 1 is 0.833 bits per heavy atom. The van der Waals surface area contributed by atoms with Gasteiger partial charge >= 0.3 is 0 Å². The molecule has 0 aliphatic rings. The van der Waals surface area contributed by atoms with Gasteiger partial charge in [0.25, 0.3) is 11.8 Å². The molecule has 3 rings (SSSR count). The van der Waals surface area contributed by atoms with Crippen molar-refractivity contribution in [1.29, 1.82) is 0 Å². The number of para-hydroxylation sites is 1. The second-order valence-corrected chi connectivity index (χ2v) is 6.87. The van der Waals surface area contributed by atoms with E-state index in [0.29, 0.717) is 28.3 Å². The van der Waals surface area contributed by atoms with E-state index in [-0.39, 0.29) is 16.9 Å². The predicted octanol–water partition coefficient (Wildman–Crippen LogP) is 4.38. The minimum absolute atomic E-state index is 0.134. The topological polar surface area (TPSA) is 79.5 Å². The van der Waals surface area contributed by atoms with Crippen molar-refractivity contribution in [2.75, 3.05) is 17.7 Å². The lowest BCUT2D eigenvalue weighted by atomic mass is 10.1. The lowest BCUT2D eigenvalue weighted by Crippen LogP contribution is -2.34. The fourth-order valence-electron chi connectivity index (χ4n) is 2.90. The number of rotatable bonds is 5. The molecule has 0 saturated heterocycles. The number of anilines is 2. The zero-order chi connectivity index (χ0) is 21.5. The molecule has 2 amide bonds. The van der Waals surface area contributed by atoms with E-state index in [9.17, 15) is 9.59 Å². The quantitative estimate of drug-likeness (QED) is 0.535. The number of ether oxygens (including phenoxy) is 1. The summed E-state index contributed by atoms with van der Waals surface area (Å²) in [6.07, 6.45) is 0. The van der Waals surface area contributed by atoms with Gasteiger partial charge in [-0.3, -0.25) is 14.9 Å². The molecule has 0 radical (unpaired) electrons. The molecule has 0 fully saturated rings. The Bertz CT molecular complexity index is 1080. The van der Waals surface area contributed by atoms with Crippen LogP contribution in [0.4, 0.5) is 11.4 Å². The van der Waals surface area contributed by atoms with Crippen molar-refractivity contribution in [1.82, 2.24) is 5.32 Å². The first-order valence-electron chi connectivity index (χ1n) is 9.20. The molecule has 0 aliphatic carbocycles. The van der Waals surface area contributed by atoms with Gasteiger partial charge in [-0.25, -0.2) is 0 Å². The molecule has 0 spiro atoms. The molecule has 0 bridgehead atoms. The zero-order valence-electron chi connectivity index (χ0n) is 16.6. The van der Waals surface area contributed by atoms with Crippen LogP contribution in [0.25, 0.3) is 0 Å². The fourth-order valence-corrected chi connectivity index (χ4v) is 3.11. The van der Waals surface area contributed by atoms with E-state index in [0.717, 1.165) is 5.56 Å². The van der Waals surface area contributed by atoms with Gasteiger partial charge in [-0.2, -0.15) is 0 Å². The molecule has 0 atom stereocenters. The number of carbonyl (C=O) groups is 2. The van der Waals surface area contributed by atoms with Crippen molar-refractivity contribution >= 4 is 40.5 Å². The SMILES string of the molecule is COc1c(C)cccc1C(=O)NC(=S)Nc1cccc(NC(=O)c2ccccc2)c1. The standard InChI is InChI=1S/C23H21N3O3S/c1-15-8-6-13-19(20(15)29-2)22(28)26-23(30)25-18-12-7-11-17(14-18)24-21(27)16-9-4-3-5-10-16/h3-14H,1-2H3,(H,24,27)(H2,25,26,28,30). The number of hydrogen-bond donors (Lipinski definition) is 3. The first-order valence-corrected chi connectivity index (χ1v) is 9.61. The number of thiocarbonyl (C=S) groups is 1. The number of hydrogen-bond acceptors (Lipinski definition) is 4. The molecule has 7 heteroatoms. The van der Waals surface area contributed by atoms with Crippen LogP contribution in [-0.2, 0) is 0 Å². The van der Waals surface area contributed by atoms with Crippen LogP contribution in [-0.4, -0.2) is 24.0 Å². The van der Waals surface area contributed by atoms with Gasteiger partial charge in [0.15, 0.2) is 5.11 Å². The second kappa shape index (κ2) is 9.67. The molecule has 30 heavy (non-hydrogen) atoms. The van der Waals surface area contributed by atoms with Gasteiger partial charge in [0.1, 0.15) is 5.75 Å². The Morgan fingerprint density at radius 2 is 1.50 bits per heavy atom. The number of nitrogens with one attached hydrogen (secondary N) is 3. The third-order valence-electron chi connectivity index (χ3n) is 4.30. The van der Waals surface area contributed by atoms with Crippen LogP contribution in [0.3, 0.4) is 0 Å². The normalized spacial score (nSPS) is 10.1. The molecular weight excluding hydrogens is 398 g/mol. The third-order valence-corrected chi connectivity index (χ3v) is 4.51.